The molecule has 138 valence electrons. The van der Waals surface area contributed by atoms with E-state index in [9.17, 15) is 8.42 Å². The summed E-state index contributed by atoms with van der Waals surface area (Å²) in [6.07, 6.45) is 6.11. The average molecular weight is 375 g/mol. The van der Waals surface area contributed by atoms with Gasteiger partial charge in [-0.25, -0.2) is 13.4 Å². The van der Waals surface area contributed by atoms with Crippen LogP contribution in [0.3, 0.4) is 0 Å². The van der Waals surface area contributed by atoms with Crippen molar-refractivity contribution in [3.63, 3.8) is 0 Å². The molecule has 0 bridgehead atoms. The topological polar surface area (TPSA) is 81.6 Å². The summed E-state index contributed by atoms with van der Waals surface area (Å²) in [5.74, 6) is 0.484. The molecule has 26 heavy (non-hydrogen) atoms. The number of ether oxygens (including phenoxy) is 2. The predicted octanol–water partition coefficient (Wildman–Crippen LogP) is 1.79. The Hall–Kier alpha value is -2.03. The number of aromatic nitrogens is 2. The maximum atomic E-state index is 12.8. The van der Waals surface area contributed by atoms with Crippen LogP contribution in [0.1, 0.15) is 18.4 Å². The molecule has 7 nitrogen and oxygen atoms in total. The molecule has 1 spiro atoms. The van der Waals surface area contributed by atoms with E-state index in [4.69, 9.17) is 9.47 Å². The summed E-state index contributed by atoms with van der Waals surface area (Å²) in [4.78, 5) is 8.46. The molecule has 3 heterocycles. The second-order valence-corrected chi connectivity index (χ2v) is 8.84. The summed E-state index contributed by atoms with van der Waals surface area (Å²) in [5, 5.41) is 0. The smallest absolute Gasteiger partial charge is 0.243 e. The summed E-state index contributed by atoms with van der Waals surface area (Å²) in [6.45, 7) is 3.13. The molecular weight excluding hydrogens is 354 g/mol. The second-order valence-electron chi connectivity index (χ2n) is 6.90. The lowest BCUT2D eigenvalue weighted by Gasteiger charge is -2.51. The molecule has 2 saturated heterocycles. The van der Waals surface area contributed by atoms with E-state index in [-0.39, 0.29) is 6.10 Å². The lowest BCUT2D eigenvalue weighted by atomic mass is 9.86. The summed E-state index contributed by atoms with van der Waals surface area (Å²) in [7, 11) is -3.49. The van der Waals surface area contributed by atoms with Crippen molar-refractivity contribution in [1.82, 2.24) is 14.3 Å². The first-order valence-electron chi connectivity index (χ1n) is 8.60. The number of hydrogen-bond donors (Lipinski definition) is 0. The number of hydrogen-bond acceptors (Lipinski definition) is 6. The summed E-state index contributed by atoms with van der Waals surface area (Å²) >= 11 is 0. The van der Waals surface area contributed by atoms with Gasteiger partial charge in [0.25, 0.3) is 0 Å². The fourth-order valence-corrected chi connectivity index (χ4v) is 5.21. The highest BCUT2D eigenvalue weighted by molar-refractivity contribution is 7.89. The predicted molar refractivity (Wildman–Crippen MR) is 94.3 cm³/mol. The van der Waals surface area contributed by atoms with Crippen molar-refractivity contribution in [3.8, 4) is 5.88 Å². The van der Waals surface area contributed by atoms with E-state index in [1.54, 1.807) is 36.8 Å². The highest BCUT2D eigenvalue weighted by Crippen LogP contribution is 2.38. The minimum atomic E-state index is -3.49. The van der Waals surface area contributed by atoms with Crippen molar-refractivity contribution in [1.29, 1.82) is 0 Å². The van der Waals surface area contributed by atoms with Crippen molar-refractivity contribution in [2.75, 3.05) is 19.7 Å². The fraction of sp³-hybridized carbons (Fsp3) is 0.444. The van der Waals surface area contributed by atoms with Crippen LogP contribution < -0.4 is 4.74 Å². The van der Waals surface area contributed by atoms with Crippen LogP contribution >= 0.6 is 0 Å². The van der Waals surface area contributed by atoms with Gasteiger partial charge in [-0.05, 0) is 24.6 Å². The molecule has 0 unspecified atom stereocenters. The quantitative estimate of drug-likeness (QED) is 0.810. The molecule has 2 aromatic rings. The largest absolute Gasteiger partial charge is 0.473 e. The normalized spacial score (nSPS) is 22.7. The Balaban J connectivity index is 1.42. The van der Waals surface area contributed by atoms with E-state index in [1.807, 2.05) is 13.0 Å². The third-order valence-electron chi connectivity index (χ3n) is 4.83. The Morgan fingerprint density at radius 2 is 2.15 bits per heavy atom. The van der Waals surface area contributed by atoms with Crippen LogP contribution in [0.4, 0.5) is 0 Å². The van der Waals surface area contributed by atoms with Gasteiger partial charge in [-0.3, -0.25) is 4.98 Å². The van der Waals surface area contributed by atoms with Crippen LogP contribution in [0, 0.1) is 6.92 Å². The van der Waals surface area contributed by atoms with Gasteiger partial charge < -0.3 is 9.47 Å². The van der Waals surface area contributed by atoms with Gasteiger partial charge in [0.05, 0.1) is 23.3 Å². The van der Waals surface area contributed by atoms with E-state index in [2.05, 4.69) is 9.97 Å². The van der Waals surface area contributed by atoms with Crippen molar-refractivity contribution >= 4 is 10.0 Å². The van der Waals surface area contributed by atoms with Crippen LogP contribution in [0.5, 0.6) is 5.88 Å². The van der Waals surface area contributed by atoms with Crippen molar-refractivity contribution in [2.24, 2.45) is 0 Å². The van der Waals surface area contributed by atoms with Gasteiger partial charge in [0, 0.05) is 38.3 Å². The molecule has 8 heteroatoms. The van der Waals surface area contributed by atoms with Crippen LogP contribution in [0.25, 0.3) is 0 Å². The van der Waals surface area contributed by atoms with E-state index in [0.29, 0.717) is 36.9 Å². The molecule has 1 aromatic carbocycles. The molecule has 0 amide bonds. The molecular formula is C18H21N3O4S. The molecule has 0 radical (unpaired) electrons. The number of benzene rings is 1. The highest BCUT2D eigenvalue weighted by atomic mass is 32.2. The highest BCUT2D eigenvalue weighted by Gasteiger charge is 2.52. The second kappa shape index (κ2) is 6.61. The third kappa shape index (κ3) is 3.32. The lowest BCUT2D eigenvalue weighted by Crippen LogP contribution is -2.67. The molecule has 0 N–H and O–H groups in total. The first-order valence-corrected chi connectivity index (χ1v) is 10.0. The van der Waals surface area contributed by atoms with E-state index in [0.717, 1.165) is 12.0 Å². The first-order chi connectivity index (χ1) is 12.5. The van der Waals surface area contributed by atoms with Crippen LogP contribution in [-0.4, -0.2) is 54.1 Å². The first kappa shape index (κ1) is 17.4. The molecule has 0 aliphatic carbocycles. The monoisotopic (exact) mass is 375 g/mol. The standard InChI is InChI=1S/C18H21N3O4S/c1-14-3-2-4-16(9-14)26(22,23)21-12-18(13-21)10-15(5-8-24-18)25-17-11-19-6-7-20-17/h2-4,6-7,9,11,15H,5,8,10,12-13H2,1H3/t15-/m1/s1. The van der Waals surface area contributed by atoms with Gasteiger partial charge >= 0.3 is 0 Å². The van der Waals surface area contributed by atoms with Gasteiger partial charge in [-0.15, -0.1) is 0 Å². The molecule has 1 atom stereocenters. The van der Waals surface area contributed by atoms with Crippen molar-refractivity contribution in [2.45, 2.75) is 36.4 Å². The van der Waals surface area contributed by atoms with Gasteiger partial charge in [-0.1, -0.05) is 12.1 Å². The third-order valence-corrected chi connectivity index (χ3v) is 6.62. The summed E-state index contributed by atoms with van der Waals surface area (Å²) in [6, 6.07) is 6.98. The molecule has 2 fully saturated rings. The minimum absolute atomic E-state index is 0.0516. The lowest BCUT2D eigenvalue weighted by molar-refractivity contribution is -0.165. The fourth-order valence-electron chi connectivity index (χ4n) is 3.51. The molecule has 1 aromatic heterocycles. The van der Waals surface area contributed by atoms with E-state index in [1.165, 1.54) is 4.31 Å². The van der Waals surface area contributed by atoms with Gasteiger partial charge in [0.2, 0.25) is 15.9 Å². The average Bonchev–Trinajstić information content (AvgIpc) is 2.61. The molecule has 0 saturated carbocycles. The van der Waals surface area contributed by atoms with Crippen LogP contribution in [0.2, 0.25) is 0 Å². The molecule has 2 aliphatic heterocycles. The Morgan fingerprint density at radius 3 is 2.88 bits per heavy atom. The minimum Gasteiger partial charge on any atom is -0.473 e. The Bertz CT molecular complexity index is 882. The zero-order valence-corrected chi connectivity index (χ0v) is 15.4. The van der Waals surface area contributed by atoms with Crippen molar-refractivity contribution in [3.05, 3.63) is 48.4 Å². The number of rotatable bonds is 4. The SMILES string of the molecule is Cc1cccc(S(=O)(=O)N2CC3(C[C@H](Oc4cnccn4)CCO3)C2)c1. The molecule has 2 aliphatic rings. The maximum absolute atomic E-state index is 12.8. The Labute approximate surface area is 153 Å². The summed E-state index contributed by atoms with van der Waals surface area (Å²) in [5.41, 5.74) is 0.454. The van der Waals surface area contributed by atoms with E-state index < -0.39 is 15.6 Å². The van der Waals surface area contributed by atoms with Crippen LogP contribution in [0.15, 0.2) is 47.8 Å². The van der Waals surface area contributed by atoms with Crippen molar-refractivity contribution < 1.29 is 17.9 Å². The summed E-state index contributed by atoms with van der Waals surface area (Å²) < 4.78 is 38.9. The van der Waals surface area contributed by atoms with Gasteiger partial charge in [0.15, 0.2) is 0 Å². The molecule has 4 rings (SSSR count). The zero-order chi connectivity index (χ0) is 18.2. The maximum Gasteiger partial charge on any atom is 0.243 e. The van der Waals surface area contributed by atoms with Gasteiger partial charge in [-0.2, -0.15) is 4.31 Å². The van der Waals surface area contributed by atoms with E-state index >= 15 is 0 Å². The zero-order valence-electron chi connectivity index (χ0n) is 14.5. The number of aryl methyl sites for hydroxylation is 1. The Kier molecular flexibility index (Phi) is 4.42. The number of sulfonamides is 1. The Morgan fingerprint density at radius 1 is 1.31 bits per heavy atom. The number of nitrogens with zero attached hydrogens (tertiary/aromatic N) is 3. The van der Waals surface area contributed by atoms with Gasteiger partial charge in [0.1, 0.15) is 6.10 Å². The van der Waals surface area contributed by atoms with Crippen LogP contribution in [-0.2, 0) is 14.8 Å².